The summed E-state index contributed by atoms with van der Waals surface area (Å²) in [7, 11) is 3.22. The van der Waals surface area contributed by atoms with Gasteiger partial charge in [0.15, 0.2) is 0 Å². The zero-order valence-corrected chi connectivity index (χ0v) is 17.0. The molecule has 1 fully saturated rings. The zero-order chi connectivity index (χ0) is 21.5. The normalized spacial score (nSPS) is 25.3. The molecule has 0 bridgehead atoms. The van der Waals surface area contributed by atoms with Crippen molar-refractivity contribution >= 4 is 29.5 Å². The number of carbonyl (C=O) groups excluding carboxylic acids is 4. The summed E-state index contributed by atoms with van der Waals surface area (Å²) in [5, 5.41) is 0. The second kappa shape index (κ2) is 7.38. The number of primary amides is 1. The highest BCUT2D eigenvalue weighted by Gasteiger charge is 2.63. The number of nitrogens with two attached hydrogens (primary N) is 1. The highest BCUT2D eigenvalue weighted by atomic mass is 16.6. The molecule has 2 aliphatic heterocycles. The Kier molecular flexibility index (Phi) is 5.25. The van der Waals surface area contributed by atoms with Crippen LogP contribution in [0, 0.1) is 5.92 Å². The van der Waals surface area contributed by atoms with Crippen molar-refractivity contribution in [1.29, 1.82) is 0 Å². The van der Waals surface area contributed by atoms with Crippen LogP contribution >= 0.6 is 0 Å². The van der Waals surface area contributed by atoms with E-state index in [4.69, 9.17) is 10.5 Å². The van der Waals surface area contributed by atoms with E-state index in [1.54, 1.807) is 46.1 Å². The van der Waals surface area contributed by atoms with Crippen molar-refractivity contribution in [3.8, 4) is 0 Å². The highest BCUT2D eigenvalue weighted by Crippen LogP contribution is 2.52. The molecule has 1 aromatic rings. The number of anilines is 1. The summed E-state index contributed by atoms with van der Waals surface area (Å²) in [6.45, 7) is 3.21. The van der Waals surface area contributed by atoms with Crippen molar-refractivity contribution < 1.29 is 23.9 Å². The Bertz CT molecular complexity index is 870. The van der Waals surface area contributed by atoms with Gasteiger partial charge in [-0.3, -0.25) is 19.3 Å². The molecular formula is C20H26N4O5. The monoisotopic (exact) mass is 402 g/mol. The third kappa shape index (κ3) is 3.10. The Morgan fingerprint density at radius 3 is 2.52 bits per heavy atom. The molecule has 9 heteroatoms. The van der Waals surface area contributed by atoms with Gasteiger partial charge in [-0.15, -0.1) is 0 Å². The van der Waals surface area contributed by atoms with Gasteiger partial charge >= 0.3 is 6.09 Å². The van der Waals surface area contributed by atoms with Crippen LogP contribution < -0.4 is 10.6 Å². The molecule has 0 spiro atoms. The molecule has 9 nitrogen and oxygen atoms in total. The van der Waals surface area contributed by atoms with Gasteiger partial charge in [-0.05, 0) is 25.5 Å². The van der Waals surface area contributed by atoms with Gasteiger partial charge < -0.3 is 20.3 Å². The van der Waals surface area contributed by atoms with Crippen molar-refractivity contribution in [2.24, 2.45) is 11.7 Å². The molecule has 0 aliphatic carbocycles. The van der Waals surface area contributed by atoms with Gasteiger partial charge in [0.2, 0.25) is 11.8 Å². The van der Waals surface area contributed by atoms with Crippen LogP contribution in [-0.2, 0) is 19.1 Å². The summed E-state index contributed by atoms with van der Waals surface area (Å²) in [6.07, 6.45) is -0.685. The number of nitrogens with zero attached hydrogens (tertiary/aromatic N) is 3. The smallest absolute Gasteiger partial charge is 0.410 e. The average Bonchev–Trinajstić information content (AvgIpc) is 3.00. The fourth-order valence-corrected chi connectivity index (χ4v) is 4.35. The number of hydrogen-bond donors (Lipinski definition) is 1. The van der Waals surface area contributed by atoms with Crippen LogP contribution in [0.5, 0.6) is 0 Å². The molecule has 1 aromatic carbocycles. The Balaban J connectivity index is 2.18. The molecule has 0 aromatic heterocycles. The van der Waals surface area contributed by atoms with Crippen molar-refractivity contribution in [3.05, 3.63) is 29.8 Å². The first-order valence-corrected chi connectivity index (χ1v) is 9.49. The molecule has 2 aliphatic rings. The van der Waals surface area contributed by atoms with E-state index in [2.05, 4.69) is 0 Å². The average molecular weight is 402 g/mol. The van der Waals surface area contributed by atoms with E-state index in [1.807, 2.05) is 6.07 Å². The number of rotatable bonds is 4. The predicted molar refractivity (Wildman–Crippen MR) is 105 cm³/mol. The summed E-state index contributed by atoms with van der Waals surface area (Å²) < 4.78 is 5.15. The van der Waals surface area contributed by atoms with Crippen LogP contribution in [0.25, 0.3) is 0 Å². The molecule has 2 heterocycles. The number of para-hydroxylation sites is 1. The van der Waals surface area contributed by atoms with E-state index >= 15 is 0 Å². The summed E-state index contributed by atoms with van der Waals surface area (Å²) >= 11 is 0. The predicted octanol–water partition coefficient (Wildman–Crippen LogP) is 0.537. The van der Waals surface area contributed by atoms with Gasteiger partial charge in [0.25, 0.3) is 5.91 Å². The summed E-state index contributed by atoms with van der Waals surface area (Å²) in [5.41, 5.74) is 5.51. The highest BCUT2D eigenvalue weighted by molar-refractivity contribution is 6.09. The van der Waals surface area contributed by atoms with Gasteiger partial charge in [-0.2, -0.15) is 0 Å². The van der Waals surface area contributed by atoms with Crippen LogP contribution in [0.3, 0.4) is 0 Å². The summed E-state index contributed by atoms with van der Waals surface area (Å²) in [4.78, 5) is 55.1. The van der Waals surface area contributed by atoms with Crippen LogP contribution in [0.4, 0.5) is 10.5 Å². The Morgan fingerprint density at radius 1 is 1.28 bits per heavy atom. The van der Waals surface area contributed by atoms with E-state index in [0.717, 1.165) is 0 Å². The Hall–Kier alpha value is -3.10. The minimum Gasteiger partial charge on any atom is -0.450 e. The van der Waals surface area contributed by atoms with Crippen molar-refractivity contribution in [2.75, 3.05) is 38.7 Å². The molecule has 0 radical (unpaired) electrons. The number of fused-ring (bicyclic) bond motifs is 3. The molecular weight excluding hydrogens is 376 g/mol. The maximum Gasteiger partial charge on any atom is 0.410 e. The first kappa shape index (κ1) is 20.6. The second-order valence-electron chi connectivity index (χ2n) is 7.68. The molecule has 0 unspecified atom stereocenters. The summed E-state index contributed by atoms with van der Waals surface area (Å²) in [6, 6.07) is 7.11. The minimum atomic E-state index is -1.40. The molecule has 0 saturated carbocycles. The van der Waals surface area contributed by atoms with Gasteiger partial charge in [0, 0.05) is 32.2 Å². The fraction of sp³-hybridized carbons (Fsp3) is 0.500. The molecule has 29 heavy (non-hydrogen) atoms. The zero-order valence-electron chi connectivity index (χ0n) is 17.0. The standard InChI is InChI=1S/C20H26N4O5/c1-5-29-19(28)24-10-13(17(21)26)16-12-8-6-7-9-14(12)23(11-15(25)22(3)4)18(27)20(16,24)2/h6-9,13,16H,5,10-11H2,1-4H3,(H2,21,26)/t13-,16+,20-/m0/s1. The van der Waals surface area contributed by atoms with Crippen molar-refractivity contribution in [1.82, 2.24) is 9.80 Å². The topological polar surface area (TPSA) is 113 Å². The SMILES string of the molecule is CCOC(=O)N1C[C@H](C(N)=O)[C@H]2c3ccccc3N(CC(=O)N(C)C)C(=O)[C@]21C. The van der Waals surface area contributed by atoms with Crippen LogP contribution in [0.2, 0.25) is 0 Å². The van der Waals surface area contributed by atoms with Gasteiger partial charge in [-0.25, -0.2) is 4.79 Å². The number of carbonyl (C=O) groups is 4. The van der Waals surface area contributed by atoms with Crippen molar-refractivity contribution in [3.63, 3.8) is 0 Å². The number of likely N-dealkylation sites (tertiary alicyclic amines) is 1. The Morgan fingerprint density at radius 2 is 1.93 bits per heavy atom. The largest absolute Gasteiger partial charge is 0.450 e. The van der Waals surface area contributed by atoms with E-state index in [0.29, 0.717) is 11.3 Å². The van der Waals surface area contributed by atoms with E-state index in [1.165, 1.54) is 14.7 Å². The first-order chi connectivity index (χ1) is 13.6. The van der Waals surface area contributed by atoms with Crippen LogP contribution in [0.1, 0.15) is 25.3 Å². The number of ether oxygens (including phenoxy) is 1. The van der Waals surface area contributed by atoms with Crippen LogP contribution in [0.15, 0.2) is 24.3 Å². The summed E-state index contributed by atoms with van der Waals surface area (Å²) in [5.74, 6) is -2.66. The van der Waals surface area contributed by atoms with Gasteiger partial charge in [0.05, 0.1) is 12.5 Å². The number of benzene rings is 1. The number of amides is 4. The third-order valence-corrected chi connectivity index (χ3v) is 5.83. The minimum absolute atomic E-state index is 0.0229. The molecule has 3 atom stereocenters. The lowest BCUT2D eigenvalue weighted by atomic mass is 9.72. The maximum absolute atomic E-state index is 13.7. The lowest BCUT2D eigenvalue weighted by molar-refractivity contribution is -0.133. The van der Waals surface area contributed by atoms with E-state index < -0.39 is 35.3 Å². The van der Waals surface area contributed by atoms with Crippen LogP contribution in [-0.4, -0.2) is 72.9 Å². The van der Waals surface area contributed by atoms with E-state index in [-0.39, 0.29) is 25.6 Å². The number of likely N-dealkylation sites (N-methyl/N-ethyl adjacent to an activating group) is 1. The van der Waals surface area contributed by atoms with Gasteiger partial charge in [0.1, 0.15) is 12.1 Å². The lowest BCUT2D eigenvalue weighted by Crippen LogP contribution is -2.62. The molecule has 3 rings (SSSR count). The third-order valence-electron chi connectivity index (χ3n) is 5.83. The first-order valence-electron chi connectivity index (χ1n) is 9.49. The number of hydrogen-bond acceptors (Lipinski definition) is 5. The molecule has 2 N–H and O–H groups in total. The molecule has 156 valence electrons. The van der Waals surface area contributed by atoms with Gasteiger partial charge in [-0.1, -0.05) is 18.2 Å². The van der Waals surface area contributed by atoms with Crippen molar-refractivity contribution in [2.45, 2.75) is 25.3 Å². The van der Waals surface area contributed by atoms with E-state index in [9.17, 15) is 19.2 Å². The Labute approximate surface area is 169 Å². The quantitative estimate of drug-likeness (QED) is 0.790. The maximum atomic E-state index is 13.7. The lowest BCUT2D eigenvalue weighted by Gasteiger charge is -2.46. The molecule has 4 amide bonds. The second-order valence-corrected chi connectivity index (χ2v) is 7.68. The fourth-order valence-electron chi connectivity index (χ4n) is 4.35. The molecule has 1 saturated heterocycles.